The number of H-pyrrole nitrogens is 1. The first kappa shape index (κ1) is 18.5. The number of halogens is 1. The van der Waals surface area contributed by atoms with Crippen molar-refractivity contribution in [1.82, 2.24) is 15.3 Å². The van der Waals surface area contributed by atoms with Crippen LogP contribution in [0.15, 0.2) is 66.7 Å². The van der Waals surface area contributed by atoms with Crippen LogP contribution in [0.25, 0.3) is 11.0 Å². The molecule has 0 spiro atoms. The molecule has 4 nitrogen and oxygen atoms in total. The highest BCUT2D eigenvalue weighted by atomic mass is 35.5. The lowest BCUT2D eigenvalue weighted by atomic mass is 10.1. The number of ether oxygens (including phenoxy) is 1. The van der Waals surface area contributed by atoms with Crippen LogP contribution in [0, 0.1) is 6.92 Å². The van der Waals surface area contributed by atoms with Crippen LogP contribution in [0.4, 0.5) is 0 Å². The third kappa shape index (κ3) is 4.53. The van der Waals surface area contributed by atoms with Gasteiger partial charge in [0.1, 0.15) is 18.2 Å². The van der Waals surface area contributed by atoms with Crippen LogP contribution >= 0.6 is 11.6 Å². The van der Waals surface area contributed by atoms with Gasteiger partial charge >= 0.3 is 0 Å². The second kappa shape index (κ2) is 8.46. The summed E-state index contributed by atoms with van der Waals surface area (Å²) in [5.41, 5.74) is 5.42. The number of imidazole rings is 1. The highest BCUT2D eigenvalue weighted by Gasteiger charge is 2.07. The van der Waals surface area contributed by atoms with E-state index >= 15 is 0 Å². The number of hydrogen-bond donors (Lipinski definition) is 2. The largest absolute Gasteiger partial charge is 0.489 e. The van der Waals surface area contributed by atoms with Crippen LogP contribution in [0.1, 0.15) is 22.5 Å². The van der Waals surface area contributed by atoms with Crippen LogP contribution in [0.5, 0.6) is 5.75 Å². The number of fused-ring (bicyclic) bond motifs is 1. The van der Waals surface area contributed by atoms with Gasteiger partial charge in [0, 0.05) is 17.1 Å². The lowest BCUT2D eigenvalue weighted by Gasteiger charge is -2.13. The lowest BCUT2D eigenvalue weighted by molar-refractivity contribution is 0.302. The minimum Gasteiger partial charge on any atom is -0.489 e. The molecule has 0 saturated heterocycles. The number of nitrogens with zero attached hydrogens (tertiary/aromatic N) is 1. The van der Waals surface area contributed by atoms with Gasteiger partial charge in [0.15, 0.2) is 0 Å². The zero-order valence-electron chi connectivity index (χ0n) is 15.7. The Labute approximate surface area is 169 Å². The van der Waals surface area contributed by atoms with Crippen LogP contribution in [0.2, 0.25) is 5.02 Å². The van der Waals surface area contributed by atoms with Gasteiger partial charge in [-0.05, 0) is 42.8 Å². The monoisotopic (exact) mass is 391 g/mol. The molecule has 4 aromatic rings. The molecule has 0 radical (unpaired) electrons. The molecule has 0 unspecified atom stereocenters. The summed E-state index contributed by atoms with van der Waals surface area (Å²) in [7, 11) is 0. The Kier molecular flexibility index (Phi) is 5.60. The summed E-state index contributed by atoms with van der Waals surface area (Å²) in [6.45, 7) is 3.89. The SMILES string of the molecule is Cc1cccc(COc2ccc(Cl)cc2CNCc2nc3ccccc3[nH]2)c1. The highest BCUT2D eigenvalue weighted by Crippen LogP contribution is 2.24. The van der Waals surface area contributed by atoms with E-state index < -0.39 is 0 Å². The molecular formula is C23H22ClN3O. The predicted molar refractivity (Wildman–Crippen MR) is 114 cm³/mol. The van der Waals surface area contributed by atoms with Gasteiger partial charge in [-0.3, -0.25) is 0 Å². The van der Waals surface area contributed by atoms with Crippen molar-refractivity contribution in [3.8, 4) is 5.75 Å². The number of hydrogen-bond acceptors (Lipinski definition) is 3. The summed E-state index contributed by atoms with van der Waals surface area (Å²) in [6, 6.07) is 22.1. The Morgan fingerprint density at radius 1 is 1.00 bits per heavy atom. The number of benzene rings is 3. The maximum absolute atomic E-state index is 6.20. The molecule has 0 amide bonds. The van der Waals surface area contributed by atoms with Gasteiger partial charge < -0.3 is 15.0 Å². The maximum atomic E-state index is 6.20. The first-order valence-electron chi connectivity index (χ1n) is 9.28. The van der Waals surface area contributed by atoms with E-state index in [0.717, 1.165) is 33.7 Å². The minimum atomic E-state index is 0.528. The van der Waals surface area contributed by atoms with E-state index in [9.17, 15) is 0 Å². The van der Waals surface area contributed by atoms with Crippen molar-refractivity contribution in [2.24, 2.45) is 0 Å². The zero-order valence-corrected chi connectivity index (χ0v) is 16.5. The summed E-state index contributed by atoms with van der Waals surface area (Å²) in [5.74, 6) is 1.74. The van der Waals surface area contributed by atoms with Crippen LogP contribution in [-0.2, 0) is 19.7 Å². The van der Waals surface area contributed by atoms with E-state index in [0.29, 0.717) is 24.7 Å². The van der Waals surface area contributed by atoms with Crippen molar-refractivity contribution < 1.29 is 4.74 Å². The fourth-order valence-electron chi connectivity index (χ4n) is 3.19. The summed E-state index contributed by atoms with van der Waals surface area (Å²) in [6.07, 6.45) is 0. The fraction of sp³-hybridized carbons (Fsp3) is 0.174. The van der Waals surface area contributed by atoms with Crippen LogP contribution in [-0.4, -0.2) is 9.97 Å². The van der Waals surface area contributed by atoms with Gasteiger partial charge in [-0.15, -0.1) is 0 Å². The predicted octanol–water partition coefficient (Wildman–Crippen LogP) is 5.39. The normalized spacial score (nSPS) is 11.1. The summed E-state index contributed by atoms with van der Waals surface area (Å²) in [4.78, 5) is 7.92. The average Bonchev–Trinajstić information content (AvgIpc) is 3.10. The number of nitrogens with one attached hydrogen (secondary N) is 2. The van der Waals surface area contributed by atoms with Gasteiger partial charge in [0.2, 0.25) is 0 Å². The first-order chi connectivity index (χ1) is 13.7. The first-order valence-corrected chi connectivity index (χ1v) is 9.66. The molecule has 28 heavy (non-hydrogen) atoms. The van der Waals surface area contributed by atoms with Crippen molar-refractivity contribution in [3.63, 3.8) is 0 Å². The van der Waals surface area contributed by atoms with Gasteiger partial charge in [0.25, 0.3) is 0 Å². The number of rotatable bonds is 7. The van der Waals surface area contributed by atoms with Crippen molar-refractivity contribution in [2.45, 2.75) is 26.6 Å². The lowest BCUT2D eigenvalue weighted by Crippen LogP contribution is -2.14. The minimum absolute atomic E-state index is 0.528. The molecule has 0 atom stereocenters. The van der Waals surface area contributed by atoms with E-state index in [1.54, 1.807) is 0 Å². The van der Waals surface area contributed by atoms with Crippen molar-refractivity contribution in [1.29, 1.82) is 0 Å². The molecule has 0 saturated carbocycles. The van der Waals surface area contributed by atoms with Gasteiger partial charge in [-0.25, -0.2) is 4.98 Å². The maximum Gasteiger partial charge on any atom is 0.124 e. The van der Waals surface area contributed by atoms with Crippen LogP contribution in [0.3, 0.4) is 0 Å². The van der Waals surface area contributed by atoms with E-state index in [4.69, 9.17) is 16.3 Å². The highest BCUT2D eigenvalue weighted by molar-refractivity contribution is 6.30. The molecule has 0 aliphatic carbocycles. The molecule has 4 rings (SSSR count). The third-order valence-corrected chi connectivity index (χ3v) is 4.78. The Morgan fingerprint density at radius 3 is 2.75 bits per heavy atom. The molecule has 0 aliphatic heterocycles. The number of aryl methyl sites for hydroxylation is 1. The molecule has 2 N–H and O–H groups in total. The average molecular weight is 392 g/mol. The quantitative estimate of drug-likeness (QED) is 0.444. The summed E-state index contributed by atoms with van der Waals surface area (Å²) >= 11 is 6.20. The molecular weight excluding hydrogens is 370 g/mol. The Morgan fingerprint density at radius 2 is 1.89 bits per heavy atom. The fourth-order valence-corrected chi connectivity index (χ4v) is 3.39. The number of aromatic nitrogens is 2. The van der Waals surface area contributed by atoms with E-state index in [-0.39, 0.29) is 0 Å². The molecule has 0 aliphatic rings. The summed E-state index contributed by atoms with van der Waals surface area (Å²) in [5, 5.41) is 4.12. The van der Waals surface area contributed by atoms with E-state index in [2.05, 4.69) is 40.4 Å². The van der Waals surface area contributed by atoms with Crippen molar-refractivity contribution >= 4 is 22.6 Å². The Balaban J connectivity index is 1.41. The van der Waals surface area contributed by atoms with E-state index in [1.807, 2.05) is 48.5 Å². The standard InChI is InChI=1S/C23H22ClN3O/c1-16-5-4-6-17(11-16)15-28-22-10-9-19(24)12-18(22)13-25-14-23-26-20-7-2-3-8-21(20)27-23/h2-12,25H,13-15H2,1H3,(H,26,27). The molecule has 142 valence electrons. The molecule has 3 aromatic carbocycles. The third-order valence-electron chi connectivity index (χ3n) is 4.55. The summed E-state index contributed by atoms with van der Waals surface area (Å²) < 4.78 is 6.06. The molecule has 5 heteroatoms. The second-order valence-electron chi connectivity index (χ2n) is 6.83. The van der Waals surface area contributed by atoms with E-state index in [1.165, 1.54) is 5.56 Å². The molecule has 0 bridgehead atoms. The number of para-hydroxylation sites is 2. The van der Waals surface area contributed by atoms with Crippen molar-refractivity contribution in [2.75, 3.05) is 0 Å². The second-order valence-corrected chi connectivity index (χ2v) is 7.27. The molecule has 1 aromatic heterocycles. The molecule has 1 heterocycles. The zero-order chi connectivity index (χ0) is 19.3. The van der Waals surface area contributed by atoms with Gasteiger partial charge in [-0.1, -0.05) is 53.6 Å². The topological polar surface area (TPSA) is 49.9 Å². The Bertz CT molecular complexity index is 1060. The van der Waals surface area contributed by atoms with Gasteiger partial charge in [0.05, 0.1) is 17.6 Å². The molecule has 0 fully saturated rings. The van der Waals surface area contributed by atoms with Crippen LogP contribution < -0.4 is 10.1 Å². The number of aromatic amines is 1. The van der Waals surface area contributed by atoms with Gasteiger partial charge in [-0.2, -0.15) is 0 Å². The Hall–Kier alpha value is -2.82. The smallest absolute Gasteiger partial charge is 0.124 e. The van der Waals surface area contributed by atoms with Crippen molar-refractivity contribution in [3.05, 3.63) is 94.3 Å².